The summed E-state index contributed by atoms with van der Waals surface area (Å²) in [5, 5.41) is 4.09. The molecule has 1 fully saturated rings. The molecule has 1 aromatic heterocycles. The molecule has 1 N–H and O–H groups in total. The third-order valence-corrected chi connectivity index (χ3v) is 5.28. The van der Waals surface area contributed by atoms with E-state index in [0.29, 0.717) is 6.54 Å². The highest BCUT2D eigenvalue weighted by Gasteiger charge is 2.21. The maximum atomic E-state index is 12.3. The average molecular weight is 344 g/mol. The molecule has 3 rings (SSSR count). The number of thiazole rings is 1. The Kier molecular flexibility index (Phi) is 5.35. The quantitative estimate of drug-likeness (QED) is 0.928. The van der Waals surface area contributed by atoms with Gasteiger partial charge >= 0.3 is 6.03 Å². The third kappa shape index (κ3) is 4.06. The summed E-state index contributed by atoms with van der Waals surface area (Å²) in [6, 6.07) is 8.46. The Labute approximate surface area is 147 Å². The highest BCUT2D eigenvalue weighted by Crippen LogP contribution is 2.20. The molecular formula is C18H24N4OS. The molecule has 0 saturated carbocycles. The molecule has 1 aliphatic rings. The fourth-order valence-corrected chi connectivity index (χ4v) is 3.76. The molecule has 2 aromatic rings. The van der Waals surface area contributed by atoms with E-state index in [4.69, 9.17) is 0 Å². The summed E-state index contributed by atoms with van der Waals surface area (Å²) in [7, 11) is 0. The second-order valence-corrected chi connectivity index (χ2v) is 7.43. The number of hydrogen-bond donors (Lipinski definition) is 1. The lowest BCUT2D eigenvalue weighted by molar-refractivity contribution is 0.194. The number of amides is 2. The number of aryl methyl sites for hydroxylation is 2. The topological polar surface area (TPSA) is 48.5 Å². The fraction of sp³-hybridized carbons (Fsp3) is 0.444. The molecule has 1 aliphatic heterocycles. The highest BCUT2D eigenvalue weighted by molar-refractivity contribution is 7.11. The summed E-state index contributed by atoms with van der Waals surface area (Å²) < 4.78 is 0. The van der Waals surface area contributed by atoms with E-state index in [2.05, 4.69) is 46.4 Å². The van der Waals surface area contributed by atoms with Gasteiger partial charge in [0.2, 0.25) is 0 Å². The molecule has 0 spiro atoms. The van der Waals surface area contributed by atoms with E-state index >= 15 is 0 Å². The molecule has 0 atom stereocenters. The fourth-order valence-electron chi connectivity index (χ4n) is 2.97. The van der Waals surface area contributed by atoms with Crippen LogP contribution in [0.25, 0.3) is 0 Å². The van der Waals surface area contributed by atoms with Gasteiger partial charge in [0.1, 0.15) is 0 Å². The molecule has 6 heteroatoms. The largest absolute Gasteiger partial charge is 0.368 e. The van der Waals surface area contributed by atoms with Crippen molar-refractivity contribution in [3.8, 4) is 0 Å². The van der Waals surface area contributed by atoms with Gasteiger partial charge in [-0.05, 0) is 25.5 Å². The van der Waals surface area contributed by atoms with Crippen LogP contribution in [-0.4, -0.2) is 48.6 Å². The number of aromatic nitrogens is 1. The molecule has 0 radical (unpaired) electrons. The van der Waals surface area contributed by atoms with Crippen molar-refractivity contribution in [2.45, 2.75) is 20.3 Å². The Balaban J connectivity index is 1.44. The Hall–Kier alpha value is -2.08. The van der Waals surface area contributed by atoms with E-state index in [9.17, 15) is 4.79 Å². The van der Waals surface area contributed by atoms with Gasteiger partial charge in [-0.1, -0.05) is 18.2 Å². The van der Waals surface area contributed by atoms with Gasteiger partial charge in [-0.2, -0.15) is 0 Å². The van der Waals surface area contributed by atoms with Crippen molar-refractivity contribution < 1.29 is 4.79 Å². The van der Waals surface area contributed by atoms with E-state index in [1.54, 1.807) is 11.3 Å². The minimum absolute atomic E-state index is 0.0349. The summed E-state index contributed by atoms with van der Waals surface area (Å²) >= 11 is 1.69. The predicted octanol–water partition coefficient (Wildman–Crippen LogP) is 2.83. The van der Waals surface area contributed by atoms with Gasteiger partial charge in [0.15, 0.2) is 0 Å². The van der Waals surface area contributed by atoms with Crippen molar-refractivity contribution in [2.24, 2.45) is 0 Å². The number of carbonyl (C=O) groups is 1. The van der Waals surface area contributed by atoms with Crippen LogP contribution < -0.4 is 10.2 Å². The number of para-hydroxylation sites is 1. The predicted molar refractivity (Wildman–Crippen MR) is 98.9 cm³/mol. The van der Waals surface area contributed by atoms with E-state index < -0.39 is 0 Å². The van der Waals surface area contributed by atoms with Crippen LogP contribution in [0.2, 0.25) is 0 Å². The zero-order chi connectivity index (χ0) is 16.9. The first-order valence-corrected chi connectivity index (χ1v) is 9.20. The number of benzene rings is 1. The molecule has 5 nitrogen and oxygen atoms in total. The molecule has 2 amide bonds. The number of hydrogen-bond acceptors (Lipinski definition) is 4. The maximum absolute atomic E-state index is 12.3. The normalized spacial score (nSPS) is 14.8. The SMILES string of the molecule is Cc1cnc(CCNC(=O)N2CCN(c3ccccc3C)CC2)s1. The molecule has 1 aromatic carbocycles. The number of rotatable bonds is 4. The summed E-state index contributed by atoms with van der Waals surface area (Å²) in [6.07, 6.45) is 2.68. The van der Waals surface area contributed by atoms with Crippen molar-refractivity contribution >= 4 is 23.1 Å². The lowest BCUT2D eigenvalue weighted by Crippen LogP contribution is -2.52. The molecule has 24 heavy (non-hydrogen) atoms. The van der Waals surface area contributed by atoms with Gasteiger partial charge in [-0.15, -0.1) is 11.3 Å². The Morgan fingerprint density at radius 3 is 2.62 bits per heavy atom. The Morgan fingerprint density at radius 1 is 1.21 bits per heavy atom. The van der Waals surface area contributed by atoms with Gasteiger partial charge < -0.3 is 15.1 Å². The number of nitrogens with zero attached hydrogens (tertiary/aromatic N) is 3. The molecule has 128 valence electrons. The Bertz CT molecular complexity index is 692. The molecule has 0 unspecified atom stereocenters. The van der Waals surface area contributed by atoms with Gasteiger partial charge in [0.05, 0.1) is 5.01 Å². The summed E-state index contributed by atoms with van der Waals surface area (Å²) in [4.78, 5) is 22.1. The first kappa shape index (κ1) is 16.8. The molecule has 2 heterocycles. The lowest BCUT2D eigenvalue weighted by atomic mass is 10.1. The average Bonchev–Trinajstić information content (AvgIpc) is 3.01. The van der Waals surface area contributed by atoms with Crippen LogP contribution >= 0.6 is 11.3 Å². The smallest absolute Gasteiger partial charge is 0.317 e. The number of piperazine rings is 1. The molecular weight excluding hydrogens is 320 g/mol. The van der Waals surface area contributed by atoms with Crippen LogP contribution in [0.5, 0.6) is 0 Å². The maximum Gasteiger partial charge on any atom is 0.317 e. The first-order valence-electron chi connectivity index (χ1n) is 8.38. The van der Waals surface area contributed by atoms with Gasteiger partial charge in [-0.25, -0.2) is 9.78 Å². The second kappa shape index (κ2) is 7.66. The van der Waals surface area contributed by atoms with Crippen molar-refractivity contribution in [1.29, 1.82) is 0 Å². The molecule has 0 bridgehead atoms. The van der Waals surface area contributed by atoms with E-state index in [1.807, 2.05) is 18.0 Å². The molecule has 0 aliphatic carbocycles. The Morgan fingerprint density at radius 2 is 1.96 bits per heavy atom. The zero-order valence-electron chi connectivity index (χ0n) is 14.3. The number of carbonyl (C=O) groups excluding carboxylic acids is 1. The van der Waals surface area contributed by atoms with E-state index in [-0.39, 0.29) is 6.03 Å². The monoisotopic (exact) mass is 344 g/mol. The van der Waals surface area contributed by atoms with Crippen molar-refractivity contribution in [2.75, 3.05) is 37.6 Å². The summed E-state index contributed by atoms with van der Waals surface area (Å²) in [5.74, 6) is 0. The van der Waals surface area contributed by atoms with Crippen molar-refractivity contribution in [3.05, 3.63) is 45.9 Å². The van der Waals surface area contributed by atoms with Crippen LogP contribution in [0.1, 0.15) is 15.4 Å². The minimum atomic E-state index is 0.0349. The van der Waals surface area contributed by atoms with Crippen molar-refractivity contribution in [3.63, 3.8) is 0 Å². The minimum Gasteiger partial charge on any atom is -0.368 e. The summed E-state index contributed by atoms with van der Waals surface area (Å²) in [6.45, 7) is 8.10. The first-order chi connectivity index (χ1) is 11.6. The van der Waals surface area contributed by atoms with Gasteiger partial charge in [-0.3, -0.25) is 0 Å². The van der Waals surface area contributed by atoms with Gasteiger partial charge in [0.25, 0.3) is 0 Å². The van der Waals surface area contributed by atoms with E-state index in [0.717, 1.165) is 37.6 Å². The zero-order valence-corrected chi connectivity index (χ0v) is 15.1. The second-order valence-electron chi connectivity index (χ2n) is 6.11. The van der Waals surface area contributed by atoms with E-state index in [1.165, 1.54) is 16.1 Å². The van der Waals surface area contributed by atoms with Crippen LogP contribution in [0, 0.1) is 13.8 Å². The number of nitrogens with one attached hydrogen (secondary N) is 1. The van der Waals surface area contributed by atoms with Crippen LogP contribution in [0.15, 0.2) is 30.5 Å². The van der Waals surface area contributed by atoms with Crippen LogP contribution in [-0.2, 0) is 6.42 Å². The van der Waals surface area contributed by atoms with Crippen LogP contribution in [0.4, 0.5) is 10.5 Å². The summed E-state index contributed by atoms with van der Waals surface area (Å²) in [5.41, 5.74) is 2.56. The third-order valence-electron chi connectivity index (χ3n) is 4.31. The van der Waals surface area contributed by atoms with Gasteiger partial charge in [0, 0.05) is 55.9 Å². The lowest BCUT2D eigenvalue weighted by Gasteiger charge is -2.36. The number of anilines is 1. The van der Waals surface area contributed by atoms with Crippen molar-refractivity contribution in [1.82, 2.24) is 15.2 Å². The number of urea groups is 1. The van der Waals surface area contributed by atoms with Crippen LogP contribution in [0.3, 0.4) is 0 Å². The standard InChI is InChI=1S/C18H24N4OS/c1-14-5-3-4-6-16(14)21-9-11-22(12-10-21)18(23)19-8-7-17-20-13-15(2)24-17/h3-6,13H,7-12H2,1-2H3,(H,19,23). The molecule has 1 saturated heterocycles. The highest BCUT2D eigenvalue weighted by atomic mass is 32.1.